The van der Waals surface area contributed by atoms with Crippen LogP contribution in [0.15, 0.2) is 0 Å². The Morgan fingerprint density at radius 2 is 2.08 bits per heavy atom. The fraction of sp³-hybridized carbons (Fsp3) is 1.00. The fourth-order valence-electron chi connectivity index (χ4n) is 0.847. The van der Waals surface area contributed by atoms with Crippen molar-refractivity contribution in [1.29, 1.82) is 0 Å². The van der Waals surface area contributed by atoms with E-state index < -0.39 is 0 Å². The molecule has 0 spiro atoms. The Balaban J connectivity index is 3.46. The van der Waals surface area contributed by atoms with E-state index in [0.29, 0.717) is 11.7 Å². The standard InChI is InChI=1S/C9H20O2S/c1-8(12)4-7-11-9(2,3)5-6-10/h8,10,12H,4-7H2,1-3H3. The normalized spacial score (nSPS) is 14.8. The molecule has 1 unspecified atom stereocenters. The van der Waals surface area contributed by atoms with Gasteiger partial charge in [0, 0.05) is 18.5 Å². The Bertz CT molecular complexity index is 113. The molecule has 3 heteroatoms. The number of hydrogen-bond donors (Lipinski definition) is 2. The Kier molecular flexibility index (Phi) is 5.97. The van der Waals surface area contributed by atoms with Crippen LogP contribution in [-0.2, 0) is 4.74 Å². The van der Waals surface area contributed by atoms with Crippen molar-refractivity contribution in [3.8, 4) is 0 Å². The van der Waals surface area contributed by atoms with E-state index in [1.54, 1.807) is 0 Å². The summed E-state index contributed by atoms with van der Waals surface area (Å²) >= 11 is 4.25. The molecule has 0 fully saturated rings. The minimum absolute atomic E-state index is 0.184. The highest BCUT2D eigenvalue weighted by Gasteiger charge is 2.16. The van der Waals surface area contributed by atoms with Gasteiger partial charge in [0.15, 0.2) is 0 Å². The summed E-state index contributed by atoms with van der Waals surface area (Å²) in [7, 11) is 0. The maximum atomic E-state index is 8.72. The third-order valence-corrected chi connectivity index (χ3v) is 2.00. The molecule has 1 N–H and O–H groups in total. The van der Waals surface area contributed by atoms with E-state index in [4.69, 9.17) is 9.84 Å². The van der Waals surface area contributed by atoms with Gasteiger partial charge < -0.3 is 9.84 Å². The zero-order valence-corrected chi connectivity index (χ0v) is 9.10. The molecule has 0 aromatic heterocycles. The summed E-state index contributed by atoms with van der Waals surface area (Å²) < 4.78 is 5.57. The topological polar surface area (TPSA) is 29.5 Å². The molecule has 0 amide bonds. The summed E-state index contributed by atoms with van der Waals surface area (Å²) in [6.07, 6.45) is 1.64. The van der Waals surface area contributed by atoms with Crippen molar-refractivity contribution in [2.24, 2.45) is 0 Å². The molecule has 0 aromatic carbocycles. The zero-order valence-electron chi connectivity index (χ0n) is 8.21. The molecule has 0 rings (SSSR count). The van der Waals surface area contributed by atoms with E-state index in [0.717, 1.165) is 13.0 Å². The van der Waals surface area contributed by atoms with Crippen LogP contribution in [0.25, 0.3) is 0 Å². The van der Waals surface area contributed by atoms with Gasteiger partial charge in [0.25, 0.3) is 0 Å². The second kappa shape index (κ2) is 5.84. The van der Waals surface area contributed by atoms with Gasteiger partial charge in [-0.15, -0.1) is 0 Å². The molecule has 0 aromatic rings. The lowest BCUT2D eigenvalue weighted by Gasteiger charge is -2.24. The highest BCUT2D eigenvalue weighted by molar-refractivity contribution is 7.80. The highest BCUT2D eigenvalue weighted by Crippen LogP contribution is 2.14. The molecule has 0 aliphatic rings. The van der Waals surface area contributed by atoms with E-state index in [2.05, 4.69) is 12.6 Å². The first-order valence-corrected chi connectivity index (χ1v) is 4.92. The SMILES string of the molecule is CC(S)CCOC(C)(C)CCO. The Hall–Kier alpha value is 0.270. The van der Waals surface area contributed by atoms with Gasteiger partial charge in [-0.3, -0.25) is 0 Å². The van der Waals surface area contributed by atoms with Crippen molar-refractivity contribution in [3.63, 3.8) is 0 Å². The second-order valence-corrected chi connectivity index (χ2v) is 4.60. The fourth-order valence-corrected chi connectivity index (χ4v) is 0.953. The maximum Gasteiger partial charge on any atom is 0.0648 e. The van der Waals surface area contributed by atoms with E-state index >= 15 is 0 Å². The van der Waals surface area contributed by atoms with Crippen LogP contribution in [-0.4, -0.2) is 29.2 Å². The highest BCUT2D eigenvalue weighted by atomic mass is 32.1. The minimum atomic E-state index is -0.197. The predicted molar refractivity (Wildman–Crippen MR) is 54.8 cm³/mol. The predicted octanol–water partition coefficient (Wildman–Crippen LogP) is 1.87. The lowest BCUT2D eigenvalue weighted by Crippen LogP contribution is -2.26. The lowest BCUT2D eigenvalue weighted by molar-refractivity contribution is -0.0331. The molecule has 0 saturated carbocycles. The van der Waals surface area contributed by atoms with Crippen molar-refractivity contribution < 1.29 is 9.84 Å². The van der Waals surface area contributed by atoms with E-state index in [1.807, 2.05) is 20.8 Å². The number of aliphatic hydroxyl groups is 1. The summed E-state index contributed by atoms with van der Waals surface area (Å²) in [5, 5.41) is 9.10. The summed E-state index contributed by atoms with van der Waals surface area (Å²) in [4.78, 5) is 0. The lowest BCUT2D eigenvalue weighted by atomic mass is 10.1. The van der Waals surface area contributed by atoms with Crippen molar-refractivity contribution >= 4 is 12.6 Å². The summed E-state index contributed by atoms with van der Waals surface area (Å²) in [5.74, 6) is 0. The molecule has 74 valence electrons. The Labute approximate surface area is 80.7 Å². The average Bonchev–Trinajstić information content (AvgIpc) is 1.85. The number of rotatable bonds is 6. The second-order valence-electron chi connectivity index (χ2n) is 3.72. The van der Waals surface area contributed by atoms with Crippen LogP contribution >= 0.6 is 12.6 Å². The molecule has 0 aliphatic heterocycles. The molecular weight excluding hydrogens is 172 g/mol. The monoisotopic (exact) mass is 192 g/mol. The van der Waals surface area contributed by atoms with Crippen LogP contribution in [0.4, 0.5) is 0 Å². The smallest absolute Gasteiger partial charge is 0.0648 e. The van der Waals surface area contributed by atoms with Crippen LogP contribution in [0.2, 0.25) is 0 Å². The van der Waals surface area contributed by atoms with Crippen molar-refractivity contribution in [3.05, 3.63) is 0 Å². The van der Waals surface area contributed by atoms with Gasteiger partial charge >= 0.3 is 0 Å². The van der Waals surface area contributed by atoms with Gasteiger partial charge in [-0.05, 0) is 26.7 Å². The Morgan fingerprint density at radius 1 is 1.50 bits per heavy atom. The van der Waals surface area contributed by atoms with Gasteiger partial charge in [0.1, 0.15) is 0 Å². The molecule has 0 radical (unpaired) electrons. The molecular formula is C9H20O2S. The number of aliphatic hydroxyl groups excluding tert-OH is 1. The zero-order chi connectivity index (χ0) is 9.61. The van der Waals surface area contributed by atoms with Gasteiger partial charge in [0.05, 0.1) is 5.60 Å². The van der Waals surface area contributed by atoms with Gasteiger partial charge in [-0.25, -0.2) is 0 Å². The number of hydrogen-bond acceptors (Lipinski definition) is 3. The molecule has 0 heterocycles. The first-order chi connectivity index (χ1) is 5.48. The van der Waals surface area contributed by atoms with Gasteiger partial charge in [0.2, 0.25) is 0 Å². The van der Waals surface area contributed by atoms with Crippen molar-refractivity contribution in [1.82, 2.24) is 0 Å². The van der Waals surface area contributed by atoms with Crippen molar-refractivity contribution in [2.75, 3.05) is 13.2 Å². The molecule has 2 nitrogen and oxygen atoms in total. The molecule has 0 aliphatic carbocycles. The van der Waals surface area contributed by atoms with Gasteiger partial charge in [-0.1, -0.05) is 6.92 Å². The Morgan fingerprint density at radius 3 is 2.50 bits per heavy atom. The quantitative estimate of drug-likeness (QED) is 0.629. The third-order valence-electron chi connectivity index (χ3n) is 1.74. The minimum Gasteiger partial charge on any atom is -0.396 e. The van der Waals surface area contributed by atoms with E-state index in [1.165, 1.54) is 0 Å². The van der Waals surface area contributed by atoms with Crippen LogP contribution in [0, 0.1) is 0 Å². The third kappa shape index (κ3) is 6.95. The van der Waals surface area contributed by atoms with Crippen LogP contribution in [0.1, 0.15) is 33.6 Å². The molecule has 12 heavy (non-hydrogen) atoms. The average molecular weight is 192 g/mol. The van der Waals surface area contributed by atoms with Crippen molar-refractivity contribution in [2.45, 2.75) is 44.5 Å². The molecule has 0 bridgehead atoms. The largest absolute Gasteiger partial charge is 0.396 e. The van der Waals surface area contributed by atoms with Crippen LogP contribution < -0.4 is 0 Å². The van der Waals surface area contributed by atoms with Crippen LogP contribution in [0.3, 0.4) is 0 Å². The maximum absolute atomic E-state index is 8.72. The number of thiol groups is 1. The first-order valence-electron chi connectivity index (χ1n) is 4.41. The summed E-state index contributed by atoms with van der Waals surface area (Å²) in [5.41, 5.74) is -0.197. The molecule has 1 atom stereocenters. The molecule has 0 saturated heterocycles. The summed E-state index contributed by atoms with van der Waals surface area (Å²) in [6, 6.07) is 0. The van der Waals surface area contributed by atoms with E-state index in [9.17, 15) is 0 Å². The van der Waals surface area contributed by atoms with E-state index in [-0.39, 0.29) is 12.2 Å². The summed E-state index contributed by atoms with van der Waals surface area (Å²) in [6.45, 7) is 6.94. The number of ether oxygens (including phenoxy) is 1. The van der Waals surface area contributed by atoms with Gasteiger partial charge in [-0.2, -0.15) is 12.6 Å². The van der Waals surface area contributed by atoms with Crippen LogP contribution in [0.5, 0.6) is 0 Å². The first kappa shape index (κ1) is 12.3.